The van der Waals surface area contributed by atoms with E-state index in [1.807, 2.05) is 52.4 Å². The summed E-state index contributed by atoms with van der Waals surface area (Å²) in [6, 6.07) is 0. The van der Waals surface area contributed by atoms with Crippen molar-refractivity contribution in [3.63, 3.8) is 0 Å². The van der Waals surface area contributed by atoms with Crippen LogP contribution in [0.2, 0.25) is 131 Å². The van der Waals surface area contributed by atoms with Crippen molar-refractivity contribution in [1.29, 1.82) is 0 Å². The zero-order valence-electron chi connectivity index (χ0n) is 46.2. The Bertz CT molecular complexity index is 1010. The van der Waals surface area contributed by atoms with Gasteiger partial charge in [-0.2, -0.15) is 0 Å². The number of rotatable bonds is 28. The first kappa shape index (κ1) is 102. The molecule has 0 aromatic heterocycles. The molecule has 0 aromatic rings. The Morgan fingerprint density at radius 3 is 0.292 bits per heavy atom. The summed E-state index contributed by atoms with van der Waals surface area (Å²) in [6.45, 7) is 41.3. The highest BCUT2D eigenvalue weighted by Gasteiger charge is 2.53. The van der Waals surface area contributed by atoms with Crippen LogP contribution in [0.25, 0.3) is 0 Å². The maximum Gasteiger partial charge on any atom is 0.669 e. The minimum Gasteiger partial charge on any atom is -0.437 e. The van der Waals surface area contributed by atoms with Gasteiger partial charge in [-0.15, -0.1) is 0 Å². The number of hydrogen-bond donors (Lipinski definition) is 0. The van der Waals surface area contributed by atoms with Gasteiger partial charge in [-0.25, -0.2) is 0 Å². The Hall–Kier alpha value is 1.80. The minimum atomic E-state index is -2.99. The van der Waals surface area contributed by atoms with Gasteiger partial charge in [0.05, 0.1) is 0 Å². The van der Waals surface area contributed by atoms with E-state index in [0.717, 1.165) is 0 Å². The third-order valence-corrected chi connectivity index (χ3v) is 42.2. The van der Waals surface area contributed by atoms with Gasteiger partial charge in [0.2, 0.25) is 0 Å². The van der Waals surface area contributed by atoms with Gasteiger partial charge in [0, 0.05) is 85.3 Å². The van der Waals surface area contributed by atoms with Crippen LogP contribution in [-0.4, -0.2) is 189 Å². The van der Waals surface area contributed by atoms with Crippen molar-refractivity contribution in [3.05, 3.63) is 0 Å². The molecule has 0 aliphatic heterocycles. The molecule has 456 valence electrons. The van der Waals surface area contributed by atoms with Gasteiger partial charge in [-0.05, 0) is 131 Å². The summed E-state index contributed by atoms with van der Waals surface area (Å²) >= 11 is 0. The van der Waals surface area contributed by atoms with E-state index in [-0.39, 0.29) is 59.4 Å². The lowest BCUT2D eigenvalue weighted by atomic mass is 11.8. The summed E-state index contributed by atoms with van der Waals surface area (Å²) in [5.41, 5.74) is 0. The monoisotopic (exact) mass is 1260 g/mol. The molecule has 72 heavy (non-hydrogen) atoms. The quantitative estimate of drug-likeness (QED) is 0.0673. The molecule has 20 nitrogen and oxygen atoms in total. The Labute approximate surface area is 462 Å². The lowest BCUT2D eigenvalue weighted by Crippen LogP contribution is -2.57. The zero-order chi connectivity index (χ0) is 52.1. The van der Waals surface area contributed by atoms with Gasteiger partial charge in [-0.3, -0.25) is 0 Å². The van der Waals surface area contributed by atoms with Crippen molar-refractivity contribution in [1.82, 2.24) is 0 Å². The Morgan fingerprint density at radius 1 is 0.153 bits per heavy atom. The van der Waals surface area contributed by atoms with Gasteiger partial charge in [-0.1, -0.05) is 59.4 Å². The molecular formula is C40H128O20Si12. The minimum absolute atomic E-state index is 0. The second-order valence-corrected chi connectivity index (χ2v) is 62.8. The molecule has 0 amide bonds. The summed E-state index contributed by atoms with van der Waals surface area (Å²) in [5, 5.41) is 0. The predicted octanol–water partition coefficient (Wildman–Crippen LogP) is 12.8. The molecule has 0 heterocycles. The van der Waals surface area contributed by atoms with Crippen LogP contribution in [0.1, 0.15) is 59.4 Å². The van der Waals surface area contributed by atoms with E-state index in [0.29, 0.717) is 0 Å². The molecular weight excluding hydrogens is 1140 g/mol. The van der Waals surface area contributed by atoms with Crippen LogP contribution in [-0.2, 0) is 86.0 Å². The van der Waals surface area contributed by atoms with Gasteiger partial charge in [0.1, 0.15) is 0 Å². The number of hydrogen-bond acceptors (Lipinski definition) is 20. The zero-order valence-corrected chi connectivity index (χ0v) is 58.2. The smallest absolute Gasteiger partial charge is 0.437 e. The molecule has 0 rings (SSSR count). The highest BCUT2D eigenvalue weighted by Crippen LogP contribution is 2.25. The van der Waals surface area contributed by atoms with E-state index in [4.69, 9.17) is 86.0 Å². The van der Waals surface area contributed by atoms with Gasteiger partial charge in [0.25, 0.3) is 0 Å². The molecule has 0 spiro atoms. The van der Waals surface area contributed by atoms with Crippen LogP contribution in [0.4, 0.5) is 0 Å². The molecule has 0 aliphatic rings. The molecule has 0 aromatic carbocycles. The van der Waals surface area contributed by atoms with Crippen LogP contribution in [0.3, 0.4) is 0 Å². The maximum atomic E-state index is 6.04. The van der Waals surface area contributed by atoms with E-state index in [2.05, 4.69) is 78.6 Å². The SMILES string of the molecule is C.C.C.C.C.C.C.C.CO[Si](OC)(OC)O[Si](C)(C)O[Si](C)(C)C.CO[Si](OC)(OC)O[Si](C)(C)O[Si](C)(C)C.CO[Si](OC)(OC)O[Si](C)(C)O[Si](C)(C)C.CO[Si](OC)(OC)O[Si](C)(C)O[Si](C)(C)C. The van der Waals surface area contributed by atoms with Crippen LogP contribution >= 0.6 is 0 Å². The van der Waals surface area contributed by atoms with E-state index < -0.39 is 104 Å². The first-order valence-electron chi connectivity index (χ1n) is 20.6. The van der Waals surface area contributed by atoms with Crippen molar-refractivity contribution in [3.8, 4) is 0 Å². The summed E-state index contributed by atoms with van der Waals surface area (Å²) in [4.78, 5) is 0. The lowest BCUT2D eigenvalue weighted by molar-refractivity contribution is 0.0401. The Kier molecular flexibility index (Phi) is 60.7. The largest absolute Gasteiger partial charge is 0.669 e. The van der Waals surface area contributed by atoms with E-state index in [9.17, 15) is 0 Å². The van der Waals surface area contributed by atoms with Crippen LogP contribution in [0, 0.1) is 0 Å². The average molecular weight is 1270 g/mol. The highest BCUT2D eigenvalue weighted by molar-refractivity contribution is 6.86. The fraction of sp³-hybridized carbons (Fsp3) is 1.00. The van der Waals surface area contributed by atoms with Crippen molar-refractivity contribution in [2.24, 2.45) is 0 Å². The molecule has 0 fully saturated rings. The molecule has 0 unspecified atom stereocenters. The van der Waals surface area contributed by atoms with Crippen molar-refractivity contribution in [2.45, 2.75) is 190 Å². The van der Waals surface area contributed by atoms with Crippen LogP contribution in [0.5, 0.6) is 0 Å². The second-order valence-electron chi connectivity index (χ2n) is 19.3. The second kappa shape index (κ2) is 42.7. The van der Waals surface area contributed by atoms with Crippen molar-refractivity contribution < 1.29 is 86.0 Å². The first-order chi connectivity index (χ1) is 28.4. The van der Waals surface area contributed by atoms with Gasteiger partial charge in [0.15, 0.2) is 33.3 Å². The standard InChI is InChI=1S/4C8H24O5Si3.8CH4/c4*1-9-16(10-2,11-3)13-15(7,8)12-14(4,5)6;;;;;;;;/h4*1-8H3;8*1H4. The Morgan fingerprint density at radius 2 is 0.236 bits per heavy atom. The van der Waals surface area contributed by atoms with Crippen molar-refractivity contribution >= 4 is 104 Å². The molecule has 0 aliphatic carbocycles. The topological polar surface area (TPSA) is 185 Å². The summed E-state index contributed by atoms with van der Waals surface area (Å²) in [5.74, 6) is 0. The molecule has 0 N–H and O–H groups in total. The average Bonchev–Trinajstić information content (AvgIpc) is 3.11. The highest BCUT2D eigenvalue weighted by atomic mass is 28.5. The molecule has 0 atom stereocenters. The third-order valence-electron chi connectivity index (χ3n) is 6.69. The summed E-state index contributed by atoms with van der Waals surface area (Å²) < 4.78 is 110. The lowest BCUT2D eigenvalue weighted by Gasteiger charge is -2.35. The Balaban J connectivity index is -0.0000000643. The van der Waals surface area contributed by atoms with Crippen LogP contribution in [0.15, 0.2) is 0 Å². The summed E-state index contributed by atoms with van der Waals surface area (Å²) in [6.07, 6.45) is 0. The molecule has 0 saturated carbocycles. The predicted molar refractivity (Wildman–Crippen MR) is 333 cm³/mol. The van der Waals surface area contributed by atoms with E-state index >= 15 is 0 Å². The fourth-order valence-corrected chi connectivity index (χ4v) is 47.1. The van der Waals surface area contributed by atoms with E-state index in [1.54, 1.807) is 0 Å². The normalized spacial score (nSPS) is 12.7. The molecule has 0 radical (unpaired) electrons. The van der Waals surface area contributed by atoms with Gasteiger partial charge >= 0.3 is 70.4 Å². The van der Waals surface area contributed by atoms with Crippen molar-refractivity contribution in [2.75, 3.05) is 85.3 Å². The molecule has 0 bridgehead atoms. The molecule has 0 saturated heterocycles. The first-order valence-corrected chi connectivity index (χ1v) is 52.0. The maximum absolute atomic E-state index is 6.04. The third kappa shape index (κ3) is 48.9. The fourth-order valence-electron chi connectivity index (χ4n) is 5.74. The molecule has 32 heteroatoms. The van der Waals surface area contributed by atoms with Crippen LogP contribution < -0.4 is 0 Å². The summed E-state index contributed by atoms with van der Waals surface area (Å²) in [7, 11) is -9.37. The van der Waals surface area contributed by atoms with E-state index in [1.165, 1.54) is 85.3 Å². The van der Waals surface area contributed by atoms with Gasteiger partial charge < -0.3 is 86.0 Å².